The van der Waals surface area contributed by atoms with Crippen molar-refractivity contribution in [1.82, 2.24) is 9.71 Å². The molecule has 0 unspecified atom stereocenters. The molecule has 4 aromatic rings. The number of H-pyrrole nitrogens is 1. The van der Waals surface area contributed by atoms with Gasteiger partial charge in [0.1, 0.15) is 10.0 Å². The number of rotatable bonds is 5. The minimum atomic E-state index is -4.17. The van der Waals surface area contributed by atoms with Crippen LogP contribution >= 0.6 is 22.9 Å². The van der Waals surface area contributed by atoms with E-state index in [0.29, 0.717) is 5.69 Å². The van der Waals surface area contributed by atoms with Crippen molar-refractivity contribution in [2.45, 2.75) is 4.21 Å². The Balaban J connectivity index is 1.65. The molecule has 2 heterocycles. The van der Waals surface area contributed by atoms with Crippen molar-refractivity contribution in [3.8, 4) is 11.1 Å². The number of benzene rings is 2. The molecule has 0 bridgehead atoms. The largest absolute Gasteiger partial charge is 0.388 e. The molecule has 0 atom stereocenters. The van der Waals surface area contributed by atoms with Gasteiger partial charge in [-0.1, -0.05) is 11.6 Å². The van der Waals surface area contributed by atoms with Crippen LogP contribution in [0, 0.1) is 5.82 Å². The Labute approximate surface area is 206 Å². The highest BCUT2D eigenvalue weighted by Gasteiger charge is 2.20. The SMILES string of the molecule is CNc1ccc2c(=O)c(-c3ccc(NC(=O)NS(=O)(=O)c4ccc(Cl)s4)cc3F)cc(=O)[nH]c2c1. The number of aromatic nitrogens is 1. The summed E-state index contributed by atoms with van der Waals surface area (Å²) in [6.07, 6.45) is 0. The lowest BCUT2D eigenvalue weighted by atomic mass is 10.0. The maximum atomic E-state index is 15.0. The number of aromatic amines is 1. The fraction of sp³-hybridized carbons (Fsp3) is 0.0455. The Morgan fingerprint density at radius 1 is 1.00 bits per heavy atom. The second-order valence-electron chi connectivity index (χ2n) is 7.20. The molecular weight excluding hydrogens is 519 g/mol. The van der Waals surface area contributed by atoms with Crippen LogP contribution in [-0.4, -0.2) is 26.5 Å². The van der Waals surface area contributed by atoms with Crippen molar-refractivity contribution in [3.05, 3.63) is 85.3 Å². The number of thiophene rings is 1. The van der Waals surface area contributed by atoms with E-state index in [2.05, 4.69) is 15.6 Å². The van der Waals surface area contributed by atoms with Crippen LogP contribution in [0.1, 0.15) is 0 Å². The third-order valence-electron chi connectivity index (χ3n) is 4.89. The number of urea groups is 1. The molecule has 0 radical (unpaired) electrons. The summed E-state index contributed by atoms with van der Waals surface area (Å²) in [7, 11) is -2.48. The summed E-state index contributed by atoms with van der Waals surface area (Å²) < 4.78 is 41.3. The predicted octanol–water partition coefficient (Wildman–Crippen LogP) is 3.96. The van der Waals surface area contributed by atoms with Crippen LogP contribution in [0.5, 0.6) is 0 Å². The number of sulfonamides is 1. The number of nitrogens with one attached hydrogen (secondary N) is 4. The number of hydrogen-bond acceptors (Lipinski definition) is 7. The number of carbonyl (C=O) groups excluding carboxylic acids is 1. The van der Waals surface area contributed by atoms with Crippen molar-refractivity contribution >= 4 is 61.3 Å². The predicted molar refractivity (Wildman–Crippen MR) is 134 cm³/mol. The van der Waals surface area contributed by atoms with Crippen molar-refractivity contribution in [2.75, 3.05) is 17.7 Å². The maximum absolute atomic E-state index is 15.0. The van der Waals surface area contributed by atoms with Crippen molar-refractivity contribution in [2.24, 2.45) is 0 Å². The summed E-state index contributed by atoms with van der Waals surface area (Å²) in [4.78, 5) is 40.2. The van der Waals surface area contributed by atoms with Gasteiger partial charge in [-0.2, -0.15) is 0 Å². The minimum absolute atomic E-state index is 0.0756. The van der Waals surface area contributed by atoms with E-state index < -0.39 is 32.9 Å². The first-order chi connectivity index (χ1) is 16.6. The van der Waals surface area contributed by atoms with Gasteiger partial charge < -0.3 is 15.6 Å². The highest BCUT2D eigenvalue weighted by Crippen LogP contribution is 2.26. The van der Waals surface area contributed by atoms with E-state index >= 15 is 0 Å². The Kier molecular flexibility index (Phi) is 6.61. The summed E-state index contributed by atoms with van der Waals surface area (Å²) in [5.41, 5.74) is -0.648. The number of carbonyl (C=O) groups is 1. The van der Waals surface area contributed by atoms with Gasteiger partial charge in [-0.3, -0.25) is 9.59 Å². The molecule has 9 nitrogen and oxygen atoms in total. The number of amides is 2. The van der Waals surface area contributed by atoms with Gasteiger partial charge >= 0.3 is 6.03 Å². The summed E-state index contributed by atoms with van der Waals surface area (Å²) in [6, 6.07) is 10.6. The summed E-state index contributed by atoms with van der Waals surface area (Å²) in [6.45, 7) is 0. The van der Waals surface area contributed by atoms with E-state index in [1.807, 2.05) is 0 Å². The smallest absolute Gasteiger partial charge is 0.333 e. The van der Waals surface area contributed by atoms with Gasteiger partial charge in [0.15, 0.2) is 5.43 Å². The number of halogens is 2. The summed E-state index contributed by atoms with van der Waals surface area (Å²) in [5, 5.41) is 5.30. The van der Waals surface area contributed by atoms with Gasteiger partial charge in [-0.05, 0) is 48.5 Å². The van der Waals surface area contributed by atoms with Crippen LogP contribution in [0.4, 0.5) is 20.6 Å². The monoisotopic (exact) mass is 534 g/mol. The van der Waals surface area contributed by atoms with Crippen molar-refractivity contribution < 1.29 is 17.6 Å². The molecule has 2 amide bonds. The van der Waals surface area contributed by atoms with Gasteiger partial charge in [-0.15, -0.1) is 11.3 Å². The van der Waals surface area contributed by atoms with E-state index in [0.717, 1.165) is 23.5 Å². The molecule has 0 spiro atoms. The molecule has 0 aliphatic carbocycles. The molecule has 35 heavy (non-hydrogen) atoms. The van der Waals surface area contributed by atoms with Gasteiger partial charge in [0, 0.05) is 41.0 Å². The minimum Gasteiger partial charge on any atom is -0.388 e. The zero-order chi connectivity index (χ0) is 25.3. The Morgan fingerprint density at radius 2 is 1.74 bits per heavy atom. The second kappa shape index (κ2) is 9.49. The lowest BCUT2D eigenvalue weighted by Gasteiger charge is -2.09. The lowest BCUT2D eigenvalue weighted by molar-refractivity contribution is 0.256. The fourth-order valence-electron chi connectivity index (χ4n) is 3.29. The second-order valence-corrected chi connectivity index (χ2v) is 10.8. The Hall–Kier alpha value is -3.74. The number of hydrogen-bond donors (Lipinski definition) is 4. The molecule has 0 fully saturated rings. The van der Waals surface area contributed by atoms with Crippen LogP contribution in [0.3, 0.4) is 0 Å². The maximum Gasteiger partial charge on any atom is 0.333 e. The van der Waals surface area contributed by atoms with E-state index in [9.17, 15) is 27.2 Å². The van der Waals surface area contributed by atoms with E-state index in [4.69, 9.17) is 11.6 Å². The normalized spacial score (nSPS) is 11.3. The highest BCUT2D eigenvalue weighted by molar-refractivity contribution is 7.92. The molecule has 0 aliphatic rings. The fourth-order valence-corrected chi connectivity index (χ4v) is 5.68. The number of fused-ring (bicyclic) bond motifs is 1. The topological polar surface area (TPSA) is 137 Å². The van der Waals surface area contributed by atoms with Crippen LogP contribution in [0.2, 0.25) is 4.34 Å². The molecule has 0 aliphatic heterocycles. The van der Waals surface area contributed by atoms with Gasteiger partial charge in [0.05, 0.1) is 9.85 Å². The lowest BCUT2D eigenvalue weighted by Crippen LogP contribution is -2.33. The van der Waals surface area contributed by atoms with E-state index in [-0.39, 0.29) is 36.3 Å². The van der Waals surface area contributed by atoms with Crippen molar-refractivity contribution in [3.63, 3.8) is 0 Å². The molecule has 4 N–H and O–H groups in total. The van der Waals surface area contributed by atoms with E-state index in [1.54, 1.807) is 23.9 Å². The standard InChI is InChI=1S/C22H16ClFN4O5S2/c1-25-11-2-5-14-17(9-11)27-19(29)10-15(21(14)30)13-4-3-12(8-16(13)24)26-22(31)28-35(32,33)20-7-6-18(23)34-20/h2-10,25H,1H3,(H,27,29)(H2,26,28,31). The van der Waals surface area contributed by atoms with Gasteiger partial charge in [0.2, 0.25) is 5.56 Å². The zero-order valence-electron chi connectivity index (χ0n) is 17.8. The molecule has 180 valence electrons. The van der Waals surface area contributed by atoms with Crippen LogP contribution in [0.25, 0.3) is 22.0 Å². The molecule has 2 aromatic carbocycles. The average Bonchev–Trinajstić information content (AvgIpc) is 3.19. The number of anilines is 2. The summed E-state index contributed by atoms with van der Waals surface area (Å²) in [5.74, 6) is -0.904. The molecule has 2 aromatic heterocycles. The van der Waals surface area contributed by atoms with E-state index in [1.165, 1.54) is 30.3 Å². The first kappa shape index (κ1) is 24.4. The van der Waals surface area contributed by atoms with Crippen LogP contribution in [0.15, 0.2) is 68.4 Å². The summed E-state index contributed by atoms with van der Waals surface area (Å²) >= 11 is 6.49. The highest BCUT2D eigenvalue weighted by atomic mass is 35.5. The van der Waals surface area contributed by atoms with Gasteiger partial charge in [0.25, 0.3) is 10.0 Å². The quantitative estimate of drug-likeness (QED) is 0.306. The zero-order valence-corrected chi connectivity index (χ0v) is 20.2. The Morgan fingerprint density at radius 3 is 2.40 bits per heavy atom. The van der Waals surface area contributed by atoms with Crippen LogP contribution < -0.4 is 26.3 Å². The van der Waals surface area contributed by atoms with Crippen LogP contribution in [-0.2, 0) is 10.0 Å². The molecule has 0 saturated carbocycles. The first-order valence-electron chi connectivity index (χ1n) is 9.85. The first-order valence-corrected chi connectivity index (χ1v) is 12.5. The molecular formula is C22H16ClFN4O5S2. The average molecular weight is 535 g/mol. The molecule has 0 saturated heterocycles. The van der Waals surface area contributed by atoms with Crippen molar-refractivity contribution in [1.29, 1.82) is 0 Å². The Bertz CT molecular complexity index is 1700. The molecule has 4 rings (SSSR count). The third-order valence-corrected chi connectivity index (χ3v) is 7.94. The molecule has 13 heteroatoms. The third kappa shape index (κ3) is 5.19. The van der Waals surface area contributed by atoms with Gasteiger partial charge in [-0.25, -0.2) is 22.3 Å².